The van der Waals surface area contributed by atoms with E-state index >= 15 is 0 Å². The Hall–Kier alpha value is -0.0800. The summed E-state index contributed by atoms with van der Waals surface area (Å²) in [5, 5.41) is 3.42. The number of aliphatic imine (C=N–C) groups is 1. The molecule has 0 spiro atoms. The normalized spacial score (nSPS) is 25.6. The highest BCUT2D eigenvalue weighted by Crippen LogP contribution is 2.16. The fraction of sp³-hybridized carbons (Fsp3) is 0.933. The minimum absolute atomic E-state index is 0. The van der Waals surface area contributed by atoms with Crippen molar-refractivity contribution in [3.8, 4) is 0 Å². The van der Waals surface area contributed by atoms with Crippen LogP contribution in [0.4, 0.5) is 0 Å². The first-order valence-electron chi connectivity index (χ1n) is 8.02. The summed E-state index contributed by atoms with van der Waals surface area (Å²) in [5.41, 5.74) is 0. The fourth-order valence-corrected chi connectivity index (χ4v) is 2.81. The van der Waals surface area contributed by atoms with Gasteiger partial charge in [-0.25, -0.2) is 0 Å². The molecule has 124 valence electrons. The molecule has 2 aliphatic rings. The van der Waals surface area contributed by atoms with E-state index in [0.29, 0.717) is 0 Å². The third-order valence-corrected chi connectivity index (χ3v) is 4.20. The van der Waals surface area contributed by atoms with Crippen LogP contribution in [0.2, 0.25) is 0 Å². The second-order valence-corrected chi connectivity index (χ2v) is 6.12. The van der Waals surface area contributed by atoms with Gasteiger partial charge in [-0.05, 0) is 32.7 Å². The molecule has 0 aliphatic carbocycles. The second-order valence-electron chi connectivity index (χ2n) is 6.12. The lowest BCUT2D eigenvalue weighted by Crippen LogP contribution is -2.46. The fourth-order valence-electron chi connectivity index (χ4n) is 2.81. The molecule has 21 heavy (non-hydrogen) atoms. The van der Waals surface area contributed by atoms with Gasteiger partial charge in [0.1, 0.15) is 0 Å². The van der Waals surface area contributed by atoms with Crippen LogP contribution in [0, 0.1) is 5.92 Å². The molecule has 2 aliphatic heterocycles. The van der Waals surface area contributed by atoms with E-state index in [1.807, 2.05) is 0 Å². The Balaban J connectivity index is 0.00000220. The molecule has 2 heterocycles. The smallest absolute Gasteiger partial charge is 0.194 e. The summed E-state index contributed by atoms with van der Waals surface area (Å²) in [7, 11) is 2.15. The third-order valence-electron chi connectivity index (χ3n) is 4.20. The Morgan fingerprint density at radius 1 is 1.29 bits per heavy atom. The summed E-state index contributed by atoms with van der Waals surface area (Å²) >= 11 is 0. The van der Waals surface area contributed by atoms with Crippen LogP contribution in [-0.4, -0.2) is 74.8 Å². The maximum atomic E-state index is 5.79. The quantitative estimate of drug-likeness (QED) is 0.436. The molecule has 2 saturated heterocycles. The first-order valence-corrected chi connectivity index (χ1v) is 8.02. The van der Waals surface area contributed by atoms with E-state index < -0.39 is 0 Å². The van der Waals surface area contributed by atoms with Crippen molar-refractivity contribution >= 4 is 29.9 Å². The predicted octanol–water partition coefficient (Wildman–Crippen LogP) is 1.63. The Morgan fingerprint density at radius 2 is 2.00 bits per heavy atom. The number of ether oxygens (including phenoxy) is 1. The van der Waals surface area contributed by atoms with Crippen LogP contribution in [0.15, 0.2) is 4.99 Å². The van der Waals surface area contributed by atoms with Crippen molar-refractivity contribution in [3.05, 3.63) is 0 Å². The Morgan fingerprint density at radius 3 is 2.62 bits per heavy atom. The molecule has 0 radical (unpaired) electrons. The van der Waals surface area contributed by atoms with Gasteiger partial charge in [0.2, 0.25) is 0 Å². The van der Waals surface area contributed by atoms with Gasteiger partial charge in [0, 0.05) is 32.7 Å². The molecule has 0 aromatic heterocycles. The predicted molar refractivity (Wildman–Crippen MR) is 98.6 cm³/mol. The lowest BCUT2D eigenvalue weighted by Gasteiger charge is -2.34. The number of likely N-dealkylation sites (N-methyl/N-ethyl adjacent to an activating group) is 1. The number of piperidine rings is 1. The molecule has 0 bridgehead atoms. The molecule has 0 aromatic carbocycles. The summed E-state index contributed by atoms with van der Waals surface area (Å²) in [5.74, 6) is 1.92. The van der Waals surface area contributed by atoms with E-state index in [1.54, 1.807) is 0 Å². The monoisotopic (exact) mass is 410 g/mol. The second kappa shape index (κ2) is 9.84. The van der Waals surface area contributed by atoms with Gasteiger partial charge in [0.25, 0.3) is 0 Å². The van der Waals surface area contributed by atoms with Crippen molar-refractivity contribution in [2.75, 3.05) is 52.9 Å². The number of likely N-dealkylation sites (tertiary alicyclic amines) is 1. The first kappa shape index (κ1) is 19.0. The van der Waals surface area contributed by atoms with Gasteiger partial charge in [-0.2, -0.15) is 0 Å². The standard InChI is InChI=1S/C15H30N4O.HI/c1-4-16-15(19-7-5-13(2)6-8-19)17-11-14-12-18(3)9-10-20-14;/h13-14H,4-12H2,1-3H3,(H,16,17);1H. The zero-order valence-electron chi connectivity index (χ0n) is 13.7. The minimum Gasteiger partial charge on any atom is -0.374 e. The summed E-state index contributed by atoms with van der Waals surface area (Å²) in [4.78, 5) is 9.52. The molecule has 2 rings (SSSR count). The van der Waals surface area contributed by atoms with Gasteiger partial charge in [0.15, 0.2) is 5.96 Å². The average molecular weight is 410 g/mol. The largest absolute Gasteiger partial charge is 0.374 e. The van der Waals surface area contributed by atoms with Crippen LogP contribution in [0.1, 0.15) is 26.7 Å². The first-order chi connectivity index (χ1) is 9.69. The number of hydrogen-bond donors (Lipinski definition) is 1. The molecule has 6 heteroatoms. The number of hydrogen-bond acceptors (Lipinski definition) is 3. The molecule has 1 unspecified atom stereocenters. The van der Waals surface area contributed by atoms with Crippen LogP contribution in [0.3, 0.4) is 0 Å². The topological polar surface area (TPSA) is 40.1 Å². The highest BCUT2D eigenvalue weighted by atomic mass is 127. The number of morpholine rings is 1. The summed E-state index contributed by atoms with van der Waals surface area (Å²) in [6, 6.07) is 0. The van der Waals surface area contributed by atoms with Gasteiger partial charge in [-0.3, -0.25) is 4.99 Å². The lowest BCUT2D eigenvalue weighted by molar-refractivity contribution is -0.0137. The maximum absolute atomic E-state index is 5.79. The van der Waals surface area contributed by atoms with Crippen LogP contribution in [0.25, 0.3) is 0 Å². The summed E-state index contributed by atoms with van der Waals surface area (Å²) in [6.45, 7) is 11.3. The van der Waals surface area contributed by atoms with E-state index in [-0.39, 0.29) is 30.1 Å². The molecule has 1 atom stereocenters. The number of nitrogens with zero attached hydrogens (tertiary/aromatic N) is 3. The molecule has 1 N–H and O–H groups in total. The van der Waals surface area contributed by atoms with Gasteiger partial charge in [0.05, 0.1) is 19.3 Å². The summed E-state index contributed by atoms with van der Waals surface area (Å²) < 4.78 is 5.79. The molecule has 0 aromatic rings. The summed E-state index contributed by atoms with van der Waals surface area (Å²) in [6.07, 6.45) is 2.78. The van der Waals surface area contributed by atoms with Crippen molar-refractivity contribution in [1.29, 1.82) is 0 Å². The molecule has 0 amide bonds. The Kier molecular flexibility index (Phi) is 8.89. The SMILES string of the molecule is CCNC(=NCC1CN(C)CCO1)N1CCC(C)CC1.I. The van der Waals surface area contributed by atoms with E-state index in [9.17, 15) is 0 Å². The molecular weight excluding hydrogens is 379 g/mol. The van der Waals surface area contributed by atoms with E-state index in [1.165, 1.54) is 12.8 Å². The number of guanidine groups is 1. The third kappa shape index (κ3) is 6.28. The molecule has 2 fully saturated rings. The van der Waals surface area contributed by atoms with Crippen LogP contribution in [0.5, 0.6) is 0 Å². The van der Waals surface area contributed by atoms with Crippen LogP contribution >= 0.6 is 24.0 Å². The van der Waals surface area contributed by atoms with Gasteiger partial charge < -0.3 is 19.9 Å². The van der Waals surface area contributed by atoms with E-state index in [4.69, 9.17) is 9.73 Å². The van der Waals surface area contributed by atoms with E-state index in [2.05, 4.69) is 36.0 Å². The molecule has 0 saturated carbocycles. The zero-order chi connectivity index (χ0) is 14.4. The van der Waals surface area contributed by atoms with Gasteiger partial charge >= 0.3 is 0 Å². The highest BCUT2D eigenvalue weighted by molar-refractivity contribution is 14.0. The lowest BCUT2D eigenvalue weighted by atomic mass is 10.00. The highest BCUT2D eigenvalue weighted by Gasteiger charge is 2.20. The molecular formula is C15H31IN4O. The number of nitrogens with one attached hydrogen (secondary N) is 1. The zero-order valence-corrected chi connectivity index (χ0v) is 16.0. The Labute approximate surface area is 146 Å². The molecule has 5 nitrogen and oxygen atoms in total. The van der Waals surface area contributed by atoms with Crippen molar-refractivity contribution in [3.63, 3.8) is 0 Å². The van der Waals surface area contributed by atoms with Gasteiger partial charge in [-0.1, -0.05) is 6.92 Å². The Bertz CT molecular complexity index is 319. The minimum atomic E-state index is 0. The van der Waals surface area contributed by atoms with Crippen molar-refractivity contribution < 1.29 is 4.74 Å². The van der Waals surface area contributed by atoms with Crippen molar-refractivity contribution in [1.82, 2.24) is 15.1 Å². The maximum Gasteiger partial charge on any atom is 0.194 e. The number of halogens is 1. The van der Waals surface area contributed by atoms with Gasteiger partial charge in [-0.15, -0.1) is 24.0 Å². The van der Waals surface area contributed by atoms with Crippen LogP contribution in [-0.2, 0) is 4.74 Å². The van der Waals surface area contributed by atoms with Crippen molar-refractivity contribution in [2.24, 2.45) is 10.9 Å². The number of rotatable bonds is 3. The van der Waals surface area contributed by atoms with E-state index in [0.717, 1.165) is 57.8 Å². The van der Waals surface area contributed by atoms with Crippen molar-refractivity contribution in [2.45, 2.75) is 32.8 Å². The van der Waals surface area contributed by atoms with Crippen LogP contribution < -0.4 is 5.32 Å². The average Bonchev–Trinajstić information content (AvgIpc) is 2.44.